The molecule has 7 nitrogen and oxygen atoms in total. The molecule has 0 aliphatic carbocycles. The van der Waals surface area contributed by atoms with Gasteiger partial charge in [0.15, 0.2) is 0 Å². The number of likely N-dealkylation sites (tertiary alicyclic amines) is 1. The molecule has 2 heterocycles. The van der Waals surface area contributed by atoms with Gasteiger partial charge in [-0.25, -0.2) is 5.48 Å². The Morgan fingerprint density at radius 2 is 1.97 bits per heavy atom. The van der Waals surface area contributed by atoms with Crippen molar-refractivity contribution in [2.45, 2.75) is 45.3 Å². The number of para-hydroxylation sites is 1. The number of aromatic nitrogens is 1. The number of amides is 2. The van der Waals surface area contributed by atoms with Crippen molar-refractivity contribution in [3.63, 3.8) is 0 Å². The van der Waals surface area contributed by atoms with Gasteiger partial charge in [0.1, 0.15) is 18.4 Å². The minimum absolute atomic E-state index is 0.124. The lowest BCUT2D eigenvalue weighted by Crippen LogP contribution is -2.47. The highest BCUT2D eigenvalue weighted by Crippen LogP contribution is 2.37. The second-order valence-electron chi connectivity index (χ2n) is 8.49. The van der Waals surface area contributed by atoms with Gasteiger partial charge in [-0.2, -0.15) is 0 Å². The fourth-order valence-electron chi connectivity index (χ4n) is 4.34. The molecule has 0 spiro atoms. The monoisotopic (exact) mass is 433 g/mol. The van der Waals surface area contributed by atoms with Gasteiger partial charge in [0, 0.05) is 23.2 Å². The molecule has 0 saturated carbocycles. The average molecular weight is 434 g/mol. The van der Waals surface area contributed by atoms with Crippen LogP contribution in [0.3, 0.4) is 0 Å². The Labute approximate surface area is 187 Å². The third-order valence-corrected chi connectivity index (χ3v) is 6.36. The minimum atomic E-state index is -0.726. The molecule has 166 valence electrons. The Morgan fingerprint density at radius 1 is 1.25 bits per heavy atom. The first-order valence-corrected chi connectivity index (χ1v) is 10.7. The lowest BCUT2D eigenvalue weighted by molar-refractivity contribution is -0.143. The topological polar surface area (TPSA) is 91.8 Å². The lowest BCUT2D eigenvalue weighted by Gasteiger charge is -2.27. The van der Waals surface area contributed by atoms with Crippen molar-refractivity contribution in [2.75, 3.05) is 6.54 Å². The van der Waals surface area contributed by atoms with Crippen LogP contribution < -0.4 is 10.2 Å². The number of ether oxygens (including phenoxy) is 1. The standard InChI is InChI=1S/C25H27N3O4/c1-16-14-18(21-6-4-5-7-22(21)26-16)15-32-20-10-8-19(9-11-20)25(3)12-13-28(24(25)30)17(2)23(29)27-31/h4-11,14,17,31H,12-13,15H2,1-3H3,(H,27,29)/t17-,25+/m0/s1. The fraction of sp³-hybridized carbons (Fsp3) is 0.320. The summed E-state index contributed by atoms with van der Waals surface area (Å²) >= 11 is 0. The first-order chi connectivity index (χ1) is 15.3. The SMILES string of the molecule is Cc1cc(COc2ccc([C@@]3(C)CCN([C@@H](C)C(=O)NO)C3=O)cc2)c2ccccc2n1. The van der Waals surface area contributed by atoms with E-state index in [1.54, 1.807) is 12.4 Å². The third-order valence-electron chi connectivity index (χ3n) is 6.36. The first-order valence-electron chi connectivity index (χ1n) is 10.7. The smallest absolute Gasteiger partial charge is 0.265 e. The molecular weight excluding hydrogens is 406 g/mol. The number of rotatable bonds is 6. The molecule has 4 rings (SSSR count). The summed E-state index contributed by atoms with van der Waals surface area (Å²) in [5, 5.41) is 9.95. The number of nitrogens with one attached hydrogen (secondary N) is 1. The van der Waals surface area contributed by atoms with Gasteiger partial charge in [-0.1, -0.05) is 30.3 Å². The number of hydrogen-bond acceptors (Lipinski definition) is 5. The molecule has 2 atom stereocenters. The van der Waals surface area contributed by atoms with Crippen LogP contribution in [0.25, 0.3) is 10.9 Å². The Balaban J connectivity index is 1.48. The van der Waals surface area contributed by atoms with Crippen LogP contribution in [0.2, 0.25) is 0 Å². The van der Waals surface area contributed by atoms with Gasteiger partial charge in [-0.3, -0.25) is 19.8 Å². The Bertz CT molecular complexity index is 1160. The molecule has 1 aromatic heterocycles. The highest BCUT2D eigenvalue weighted by molar-refractivity contribution is 5.94. The highest BCUT2D eigenvalue weighted by Gasteiger charge is 2.46. The van der Waals surface area contributed by atoms with Gasteiger partial charge in [-0.05, 0) is 57.0 Å². The number of aryl methyl sites for hydroxylation is 1. The van der Waals surface area contributed by atoms with E-state index in [1.807, 2.05) is 68.4 Å². The third kappa shape index (κ3) is 3.91. The fourth-order valence-corrected chi connectivity index (χ4v) is 4.34. The molecule has 3 aromatic rings. The normalized spacial score (nSPS) is 19.2. The van der Waals surface area contributed by atoms with E-state index < -0.39 is 17.4 Å². The molecule has 1 aliphatic rings. The van der Waals surface area contributed by atoms with Crippen LogP contribution >= 0.6 is 0 Å². The van der Waals surface area contributed by atoms with Crippen molar-refractivity contribution in [2.24, 2.45) is 0 Å². The molecule has 32 heavy (non-hydrogen) atoms. The summed E-state index contributed by atoms with van der Waals surface area (Å²) < 4.78 is 6.03. The predicted molar refractivity (Wildman–Crippen MR) is 120 cm³/mol. The zero-order chi connectivity index (χ0) is 22.9. The van der Waals surface area contributed by atoms with E-state index in [0.29, 0.717) is 25.3 Å². The largest absolute Gasteiger partial charge is 0.489 e. The van der Waals surface area contributed by atoms with Crippen molar-refractivity contribution in [3.8, 4) is 5.75 Å². The van der Waals surface area contributed by atoms with E-state index in [9.17, 15) is 9.59 Å². The number of carbonyl (C=O) groups excluding carboxylic acids is 2. The van der Waals surface area contributed by atoms with Crippen molar-refractivity contribution >= 4 is 22.7 Å². The van der Waals surface area contributed by atoms with Gasteiger partial charge < -0.3 is 9.64 Å². The zero-order valence-electron chi connectivity index (χ0n) is 18.5. The van der Waals surface area contributed by atoms with Crippen LogP contribution in [0.5, 0.6) is 5.75 Å². The molecule has 0 bridgehead atoms. The van der Waals surface area contributed by atoms with Crippen molar-refractivity contribution in [3.05, 3.63) is 71.4 Å². The van der Waals surface area contributed by atoms with Crippen LogP contribution in [0.4, 0.5) is 0 Å². The van der Waals surface area contributed by atoms with E-state index in [4.69, 9.17) is 9.94 Å². The summed E-state index contributed by atoms with van der Waals surface area (Å²) in [7, 11) is 0. The Kier molecular flexibility index (Phi) is 5.84. The first kappa shape index (κ1) is 21.8. The summed E-state index contributed by atoms with van der Waals surface area (Å²) in [5.41, 5.74) is 4.74. The highest BCUT2D eigenvalue weighted by atomic mass is 16.5. The second-order valence-corrected chi connectivity index (χ2v) is 8.49. The number of carbonyl (C=O) groups is 2. The lowest BCUT2D eigenvalue weighted by atomic mass is 9.81. The zero-order valence-corrected chi connectivity index (χ0v) is 18.5. The second kappa shape index (κ2) is 8.59. The summed E-state index contributed by atoms with van der Waals surface area (Å²) in [6.07, 6.45) is 0.595. The van der Waals surface area contributed by atoms with Gasteiger partial charge in [0.25, 0.3) is 5.91 Å². The summed E-state index contributed by atoms with van der Waals surface area (Å²) in [6.45, 7) is 6.34. The molecule has 2 amide bonds. The van der Waals surface area contributed by atoms with Gasteiger partial charge >= 0.3 is 0 Å². The van der Waals surface area contributed by atoms with E-state index in [-0.39, 0.29) is 5.91 Å². The number of benzene rings is 2. The molecule has 0 unspecified atom stereocenters. The number of nitrogens with zero attached hydrogens (tertiary/aromatic N) is 2. The van der Waals surface area contributed by atoms with Crippen LogP contribution in [0.1, 0.15) is 37.1 Å². The van der Waals surface area contributed by atoms with Gasteiger partial charge in [0.2, 0.25) is 5.91 Å². The number of pyridine rings is 1. The van der Waals surface area contributed by atoms with Crippen LogP contribution in [0, 0.1) is 6.92 Å². The summed E-state index contributed by atoms with van der Waals surface area (Å²) in [4.78, 5) is 30.9. The summed E-state index contributed by atoms with van der Waals surface area (Å²) in [6, 6.07) is 16.9. The van der Waals surface area contributed by atoms with Crippen LogP contribution in [-0.4, -0.2) is 39.5 Å². The van der Waals surface area contributed by atoms with E-state index in [0.717, 1.165) is 27.7 Å². The minimum Gasteiger partial charge on any atom is -0.489 e. The average Bonchev–Trinajstić information content (AvgIpc) is 3.12. The molecule has 2 N–H and O–H groups in total. The molecular formula is C25H27N3O4. The predicted octanol–water partition coefficient (Wildman–Crippen LogP) is 3.51. The maximum Gasteiger partial charge on any atom is 0.265 e. The number of hydroxylamine groups is 1. The van der Waals surface area contributed by atoms with Gasteiger partial charge in [0.05, 0.1) is 10.9 Å². The summed E-state index contributed by atoms with van der Waals surface area (Å²) in [5.74, 6) is -0.00237. The maximum atomic E-state index is 13.1. The Morgan fingerprint density at radius 3 is 2.69 bits per heavy atom. The van der Waals surface area contributed by atoms with E-state index in [1.165, 1.54) is 4.90 Å². The Hall–Kier alpha value is -3.45. The molecule has 7 heteroatoms. The van der Waals surface area contributed by atoms with Crippen LogP contribution in [-0.2, 0) is 21.6 Å². The van der Waals surface area contributed by atoms with Crippen LogP contribution in [0.15, 0.2) is 54.6 Å². The van der Waals surface area contributed by atoms with E-state index in [2.05, 4.69) is 4.98 Å². The quantitative estimate of drug-likeness (QED) is 0.459. The van der Waals surface area contributed by atoms with Crippen molar-refractivity contribution in [1.29, 1.82) is 0 Å². The molecule has 1 fully saturated rings. The van der Waals surface area contributed by atoms with E-state index >= 15 is 0 Å². The number of fused-ring (bicyclic) bond motifs is 1. The maximum absolute atomic E-state index is 13.1. The molecule has 1 saturated heterocycles. The number of hydrogen-bond donors (Lipinski definition) is 2. The molecule has 1 aliphatic heterocycles. The van der Waals surface area contributed by atoms with Gasteiger partial charge in [-0.15, -0.1) is 0 Å². The molecule has 0 radical (unpaired) electrons. The van der Waals surface area contributed by atoms with Crippen molar-refractivity contribution in [1.82, 2.24) is 15.4 Å². The van der Waals surface area contributed by atoms with Crippen molar-refractivity contribution < 1.29 is 19.5 Å². The molecule has 2 aromatic carbocycles.